The van der Waals surface area contributed by atoms with Gasteiger partial charge < -0.3 is 14.3 Å². The van der Waals surface area contributed by atoms with E-state index >= 15 is 0 Å². The molecule has 0 unspecified atom stereocenters. The monoisotopic (exact) mass is 416 g/mol. The number of furan rings is 1. The maximum atomic E-state index is 12.3. The van der Waals surface area contributed by atoms with Gasteiger partial charge in [0.15, 0.2) is 10.9 Å². The van der Waals surface area contributed by atoms with Crippen LogP contribution in [0.15, 0.2) is 34.1 Å². The Bertz CT molecular complexity index is 920. The summed E-state index contributed by atoms with van der Waals surface area (Å²) in [5.74, 6) is 1.62. The van der Waals surface area contributed by atoms with Gasteiger partial charge in [-0.3, -0.25) is 4.79 Å². The maximum Gasteiger partial charge on any atom is 0.286 e. The molecule has 148 valence electrons. The van der Waals surface area contributed by atoms with Crippen LogP contribution in [-0.4, -0.2) is 27.0 Å². The molecule has 0 aromatic carbocycles. The van der Waals surface area contributed by atoms with Crippen LogP contribution in [0.2, 0.25) is 0 Å². The Hall–Kier alpha value is -2.06. The van der Waals surface area contributed by atoms with Crippen molar-refractivity contribution in [2.45, 2.75) is 49.4 Å². The summed E-state index contributed by atoms with van der Waals surface area (Å²) in [6.45, 7) is 0.626. The van der Waals surface area contributed by atoms with Crippen molar-refractivity contribution in [3.63, 3.8) is 0 Å². The molecule has 0 atom stereocenters. The molecule has 3 aromatic rings. The highest BCUT2D eigenvalue weighted by atomic mass is 32.2. The van der Waals surface area contributed by atoms with Gasteiger partial charge >= 0.3 is 0 Å². The number of carbonyl (C=O) groups is 1. The van der Waals surface area contributed by atoms with Crippen LogP contribution in [0.3, 0.4) is 0 Å². The first-order chi connectivity index (χ1) is 13.7. The molecule has 1 aliphatic rings. The van der Waals surface area contributed by atoms with Gasteiger partial charge in [0.25, 0.3) is 5.91 Å². The van der Waals surface area contributed by atoms with Gasteiger partial charge in [-0.05, 0) is 44.2 Å². The van der Waals surface area contributed by atoms with Crippen LogP contribution >= 0.6 is 23.1 Å². The van der Waals surface area contributed by atoms with E-state index < -0.39 is 0 Å². The lowest BCUT2D eigenvalue weighted by Crippen LogP contribution is -2.24. The molecule has 3 heterocycles. The number of hydrogen-bond donors (Lipinski definition) is 1. The lowest BCUT2D eigenvalue weighted by atomic mass is 10.0. The second-order valence-corrected chi connectivity index (χ2v) is 9.03. The third-order valence-electron chi connectivity index (χ3n) is 4.75. The summed E-state index contributed by atoms with van der Waals surface area (Å²) in [5, 5.41) is 5.07. The molecule has 28 heavy (non-hydrogen) atoms. The van der Waals surface area contributed by atoms with Crippen LogP contribution in [0.1, 0.15) is 51.2 Å². The number of fused-ring (bicyclic) bond motifs is 1. The summed E-state index contributed by atoms with van der Waals surface area (Å²) in [6, 6.07) is 3.59. The van der Waals surface area contributed by atoms with E-state index in [9.17, 15) is 4.79 Å². The quantitative estimate of drug-likeness (QED) is 0.444. The minimum atomic E-state index is -0.160. The summed E-state index contributed by atoms with van der Waals surface area (Å²) < 4.78 is 7.63. The van der Waals surface area contributed by atoms with E-state index in [1.165, 1.54) is 34.8 Å². The third-order valence-corrected chi connectivity index (χ3v) is 7.05. The number of thiazole rings is 1. The normalized spacial score (nSPS) is 13.5. The van der Waals surface area contributed by atoms with Crippen LogP contribution in [-0.2, 0) is 32.1 Å². The predicted molar refractivity (Wildman–Crippen MR) is 111 cm³/mol. The first kappa shape index (κ1) is 19.3. The van der Waals surface area contributed by atoms with Gasteiger partial charge in [-0.25, -0.2) is 9.97 Å². The third kappa shape index (κ3) is 4.67. The Kier molecular flexibility index (Phi) is 6.17. The van der Waals surface area contributed by atoms with Crippen LogP contribution in [0.4, 0.5) is 0 Å². The van der Waals surface area contributed by atoms with E-state index in [4.69, 9.17) is 9.40 Å². The molecule has 1 aliphatic carbocycles. The number of imidazole rings is 1. The van der Waals surface area contributed by atoms with Crippen molar-refractivity contribution in [1.82, 2.24) is 19.9 Å². The summed E-state index contributed by atoms with van der Waals surface area (Å²) in [5.41, 5.74) is 1.31. The second kappa shape index (κ2) is 8.96. The molecular weight excluding hydrogens is 392 g/mol. The molecule has 0 saturated carbocycles. The Balaban J connectivity index is 1.20. The maximum absolute atomic E-state index is 12.3. The fraction of sp³-hybridized carbons (Fsp3) is 0.450. The number of aromatic nitrogens is 3. The van der Waals surface area contributed by atoms with Crippen molar-refractivity contribution in [2.24, 2.45) is 7.05 Å². The smallest absolute Gasteiger partial charge is 0.286 e. The van der Waals surface area contributed by atoms with Gasteiger partial charge in [-0.1, -0.05) is 11.8 Å². The molecule has 0 bridgehead atoms. The lowest BCUT2D eigenvalue weighted by Gasteiger charge is -2.06. The van der Waals surface area contributed by atoms with E-state index in [-0.39, 0.29) is 5.91 Å². The molecule has 6 nitrogen and oxygen atoms in total. The van der Waals surface area contributed by atoms with Gasteiger partial charge in [-0.15, -0.1) is 11.3 Å². The SMILES string of the molecule is Cn1ccnc1SCc1ccc(C(=O)NCCCc2nc3c(s2)CCCC3)o1. The van der Waals surface area contributed by atoms with Gasteiger partial charge in [-0.2, -0.15) is 0 Å². The molecule has 1 N–H and O–H groups in total. The Labute approximate surface area is 172 Å². The summed E-state index contributed by atoms with van der Waals surface area (Å²) in [4.78, 5) is 22.8. The summed E-state index contributed by atoms with van der Waals surface area (Å²) in [7, 11) is 1.96. The van der Waals surface area contributed by atoms with Crippen LogP contribution in [0.25, 0.3) is 0 Å². The zero-order valence-electron chi connectivity index (χ0n) is 15.9. The molecule has 0 saturated heterocycles. The van der Waals surface area contributed by atoms with Crippen molar-refractivity contribution in [3.05, 3.63) is 51.6 Å². The van der Waals surface area contributed by atoms with Crippen molar-refractivity contribution >= 4 is 29.0 Å². The van der Waals surface area contributed by atoms with Gasteiger partial charge in [0.05, 0.1) is 16.5 Å². The number of rotatable bonds is 8. The minimum Gasteiger partial charge on any atom is -0.455 e. The molecule has 0 fully saturated rings. The van der Waals surface area contributed by atoms with Crippen LogP contribution in [0.5, 0.6) is 0 Å². The van der Waals surface area contributed by atoms with Gasteiger partial charge in [0.2, 0.25) is 0 Å². The number of amides is 1. The van der Waals surface area contributed by atoms with E-state index in [0.717, 1.165) is 30.2 Å². The standard InChI is InChI=1S/C20H24N4O2S2/c1-24-12-11-22-20(24)27-13-14-8-9-16(26-14)19(25)21-10-4-7-18-23-15-5-2-3-6-17(15)28-18/h8-9,11-12H,2-7,10,13H2,1H3,(H,21,25). The first-order valence-corrected chi connectivity index (χ1v) is 11.4. The molecule has 1 amide bonds. The number of aryl methyl sites for hydroxylation is 4. The van der Waals surface area contributed by atoms with Crippen molar-refractivity contribution in [3.8, 4) is 0 Å². The molecule has 0 radical (unpaired) electrons. The average Bonchev–Trinajstić information content (AvgIpc) is 3.42. The Morgan fingerprint density at radius 3 is 3.07 bits per heavy atom. The molecular formula is C20H24N4O2S2. The highest BCUT2D eigenvalue weighted by molar-refractivity contribution is 7.98. The van der Waals surface area contributed by atoms with Crippen molar-refractivity contribution < 1.29 is 9.21 Å². The van der Waals surface area contributed by atoms with E-state index in [0.29, 0.717) is 18.1 Å². The van der Waals surface area contributed by atoms with Gasteiger partial charge in [0.1, 0.15) is 5.76 Å². The summed E-state index contributed by atoms with van der Waals surface area (Å²) >= 11 is 3.43. The highest BCUT2D eigenvalue weighted by Gasteiger charge is 2.15. The van der Waals surface area contributed by atoms with E-state index in [2.05, 4.69) is 10.3 Å². The Morgan fingerprint density at radius 1 is 1.36 bits per heavy atom. The van der Waals surface area contributed by atoms with Crippen LogP contribution < -0.4 is 5.32 Å². The fourth-order valence-corrected chi connectivity index (χ4v) is 5.27. The van der Waals surface area contributed by atoms with Crippen molar-refractivity contribution in [1.29, 1.82) is 0 Å². The van der Waals surface area contributed by atoms with E-state index in [1.807, 2.05) is 35.2 Å². The number of thioether (sulfide) groups is 1. The minimum absolute atomic E-state index is 0.160. The molecule has 4 rings (SSSR count). The van der Waals surface area contributed by atoms with Gasteiger partial charge in [0, 0.05) is 37.3 Å². The number of nitrogens with one attached hydrogen (secondary N) is 1. The first-order valence-electron chi connectivity index (χ1n) is 9.63. The number of hydrogen-bond acceptors (Lipinski definition) is 6. The molecule has 3 aromatic heterocycles. The van der Waals surface area contributed by atoms with E-state index in [1.54, 1.807) is 24.0 Å². The van der Waals surface area contributed by atoms with Crippen molar-refractivity contribution in [2.75, 3.05) is 6.54 Å². The Morgan fingerprint density at radius 2 is 2.25 bits per heavy atom. The largest absolute Gasteiger partial charge is 0.455 e. The number of carbonyl (C=O) groups excluding carboxylic acids is 1. The number of nitrogens with zero attached hydrogens (tertiary/aromatic N) is 3. The fourth-order valence-electron chi connectivity index (χ4n) is 3.25. The predicted octanol–water partition coefficient (Wildman–Crippen LogP) is 4.00. The average molecular weight is 417 g/mol. The lowest BCUT2D eigenvalue weighted by molar-refractivity contribution is 0.0924. The topological polar surface area (TPSA) is 73.0 Å². The molecule has 0 spiro atoms. The second-order valence-electron chi connectivity index (χ2n) is 6.92. The molecule has 8 heteroatoms. The highest BCUT2D eigenvalue weighted by Crippen LogP contribution is 2.27. The molecule has 0 aliphatic heterocycles. The zero-order chi connectivity index (χ0) is 19.3. The zero-order valence-corrected chi connectivity index (χ0v) is 17.6. The summed E-state index contributed by atoms with van der Waals surface area (Å²) in [6.07, 6.45) is 10.3. The van der Waals surface area contributed by atoms with Crippen LogP contribution in [0, 0.1) is 0 Å².